The van der Waals surface area contributed by atoms with Crippen molar-refractivity contribution in [1.82, 2.24) is 24.6 Å². The van der Waals surface area contributed by atoms with Crippen LogP contribution in [0.4, 0.5) is 0 Å². The second-order valence-corrected chi connectivity index (χ2v) is 7.12. The van der Waals surface area contributed by atoms with Crippen LogP contribution in [-0.2, 0) is 18.3 Å². The maximum atomic E-state index is 12.6. The van der Waals surface area contributed by atoms with E-state index in [9.17, 15) is 4.79 Å². The van der Waals surface area contributed by atoms with Crippen molar-refractivity contribution < 1.29 is 8.91 Å². The Hall–Kier alpha value is -2.57. The summed E-state index contributed by atoms with van der Waals surface area (Å²) in [6.45, 7) is 0.349. The number of aromatic nitrogens is 3. The molecule has 6 heteroatoms. The monoisotopic (exact) mass is 366 g/mol. The summed E-state index contributed by atoms with van der Waals surface area (Å²) in [5, 5.41) is 6.29. The number of ketones is 1. The SMILES string of the molecule is [2H]C([2H])([2H])N1CCN(CC(=O)Cc2cc3cc(-c4cnn(C)c4)ccc3cn2)CC1. The number of benzene rings is 1. The van der Waals surface area contributed by atoms with Crippen LogP contribution < -0.4 is 0 Å². The average molecular weight is 366 g/mol. The van der Waals surface area contributed by atoms with Crippen LogP contribution in [0.15, 0.2) is 42.9 Å². The lowest BCUT2D eigenvalue weighted by Crippen LogP contribution is -2.46. The van der Waals surface area contributed by atoms with Gasteiger partial charge in [0.25, 0.3) is 0 Å². The minimum atomic E-state index is -2.06. The fourth-order valence-corrected chi connectivity index (χ4v) is 3.45. The lowest BCUT2D eigenvalue weighted by molar-refractivity contribution is -0.120. The Morgan fingerprint density at radius 3 is 2.70 bits per heavy atom. The summed E-state index contributed by atoms with van der Waals surface area (Å²) >= 11 is 0. The van der Waals surface area contributed by atoms with Gasteiger partial charge in [0.2, 0.25) is 0 Å². The maximum Gasteiger partial charge on any atom is 0.152 e. The molecule has 2 aromatic heterocycles. The molecule has 140 valence electrons. The van der Waals surface area contributed by atoms with E-state index < -0.39 is 6.98 Å². The van der Waals surface area contributed by atoms with Gasteiger partial charge in [-0.1, -0.05) is 12.1 Å². The molecule has 27 heavy (non-hydrogen) atoms. The van der Waals surface area contributed by atoms with Crippen molar-refractivity contribution in [2.24, 2.45) is 7.05 Å². The highest BCUT2D eigenvalue weighted by Crippen LogP contribution is 2.24. The Morgan fingerprint density at radius 1 is 1.11 bits per heavy atom. The Labute approximate surface area is 163 Å². The summed E-state index contributed by atoms with van der Waals surface area (Å²) < 4.78 is 24.2. The summed E-state index contributed by atoms with van der Waals surface area (Å²) in [6, 6.07) is 8.14. The maximum absolute atomic E-state index is 12.6. The normalized spacial score (nSPS) is 18.2. The first-order valence-electron chi connectivity index (χ1n) is 10.6. The number of Topliss-reactive ketones (excluding diaryl/α,β-unsaturated/α-hetero) is 1. The number of carbonyl (C=O) groups excluding carboxylic acids is 1. The zero-order chi connectivity index (χ0) is 21.3. The topological polar surface area (TPSA) is 54.3 Å². The van der Waals surface area contributed by atoms with E-state index in [0.29, 0.717) is 32.7 Å². The molecule has 0 spiro atoms. The molecule has 4 rings (SSSR count). The summed E-state index contributed by atoms with van der Waals surface area (Å²) in [7, 11) is 1.89. The molecular weight excluding hydrogens is 338 g/mol. The third-order valence-corrected chi connectivity index (χ3v) is 4.97. The van der Waals surface area contributed by atoms with E-state index in [0.717, 1.165) is 27.6 Å². The van der Waals surface area contributed by atoms with E-state index in [1.54, 1.807) is 10.9 Å². The average Bonchev–Trinajstić information content (AvgIpc) is 3.13. The Kier molecular flexibility index (Phi) is 4.07. The van der Waals surface area contributed by atoms with Gasteiger partial charge in [-0.15, -0.1) is 0 Å². The molecule has 6 nitrogen and oxygen atoms in total. The van der Waals surface area contributed by atoms with Gasteiger partial charge in [0.05, 0.1) is 19.2 Å². The Morgan fingerprint density at radius 2 is 1.96 bits per heavy atom. The number of piperazine rings is 1. The van der Waals surface area contributed by atoms with Crippen molar-refractivity contribution >= 4 is 16.6 Å². The minimum Gasteiger partial charge on any atom is -0.304 e. The second kappa shape index (κ2) is 7.58. The predicted molar refractivity (Wildman–Crippen MR) is 107 cm³/mol. The zero-order valence-electron chi connectivity index (χ0n) is 18.4. The Bertz CT molecular complexity index is 1050. The van der Waals surface area contributed by atoms with Crippen LogP contribution >= 0.6 is 0 Å². The number of nitrogens with zero attached hydrogens (tertiary/aromatic N) is 5. The van der Waals surface area contributed by atoms with E-state index in [4.69, 9.17) is 4.11 Å². The molecule has 1 aromatic carbocycles. The van der Waals surface area contributed by atoms with Gasteiger partial charge >= 0.3 is 0 Å². The largest absolute Gasteiger partial charge is 0.304 e. The highest BCUT2D eigenvalue weighted by Gasteiger charge is 2.17. The Balaban J connectivity index is 1.40. The standard InChI is InChI=1S/C21H25N5O/c1-24-5-7-26(8-6-24)15-21(27)11-20-10-18-9-16(3-4-17(18)12-22-20)19-13-23-25(2)14-19/h3-4,9-10,12-14H,5-8,11,15H2,1-2H3/i1D3. The highest BCUT2D eigenvalue weighted by molar-refractivity contribution is 5.88. The number of likely N-dealkylation sites (N-methyl/N-ethyl adjacent to an activating group) is 1. The molecule has 0 radical (unpaired) electrons. The van der Waals surface area contributed by atoms with Crippen molar-refractivity contribution in [3.8, 4) is 11.1 Å². The molecule has 0 atom stereocenters. The van der Waals surface area contributed by atoms with Gasteiger partial charge in [0.1, 0.15) is 0 Å². The number of hydrogen-bond acceptors (Lipinski definition) is 5. The first-order valence-corrected chi connectivity index (χ1v) is 9.15. The fraction of sp³-hybridized carbons (Fsp3) is 0.381. The molecule has 0 amide bonds. The lowest BCUT2D eigenvalue weighted by atomic mass is 10.0. The van der Waals surface area contributed by atoms with Crippen molar-refractivity contribution in [2.75, 3.05) is 39.7 Å². The van der Waals surface area contributed by atoms with Gasteiger partial charge in [-0.2, -0.15) is 5.10 Å². The molecule has 1 aliphatic heterocycles. The van der Waals surface area contributed by atoms with Crippen LogP contribution in [0.5, 0.6) is 0 Å². The minimum absolute atomic E-state index is 0.0904. The number of fused-ring (bicyclic) bond motifs is 1. The van der Waals surface area contributed by atoms with Gasteiger partial charge in [-0.25, -0.2) is 0 Å². The number of hydrogen-bond donors (Lipinski definition) is 0. The molecule has 0 N–H and O–H groups in total. The van der Waals surface area contributed by atoms with E-state index in [2.05, 4.69) is 16.1 Å². The van der Waals surface area contributed by atoms with Crippen molar-refractivity contribution in [3.05, 3.63) is 48.5 Å². The van der Waals surface area contributed by atoms with Crippen molar-refractivity contribution in [1.29, 1.82) is 0 Å². The van der Waals surface area contributed by atoms with E-state index >= 15 is 0 Å². The number of aryl methyl sites for hydroxylation is 1. The molecular formula is C21H25N5O. The van der Waals surface area contributed by atoms with Crippen LogP contribution in [-0.4, -0.2) is 70.0 Å². The van der Waals surface area contributed by atoms with Crippen molar-refractivity contribution in [2.45, 2.75) is 6.42 Å². The summed E-state index contributed by atoms with van der Waals surface area (Å²) in [5.41, 5.74) is 2.87. The molecule has 0 saturated carbocycles. The van der Waals surface area contributed by atoms with Crippen LogP contribution in [0.25, 0.3) is 21.9 Å². The molecule has 1 saturated heterocycles. The fourth-order valence-electron chi connectivity index (χ4n) is 3.45. The molecule has 1 fully saturated rings. The lowest BCUT2D eigenvalue weighted by Gasteiger charge is -2.31. The third-order valence-electron chi connectivity index (χ3n) is 4.97. The van der Waals surface area contributed by atoms with Gasteiger partial charge in [0.15, 0.2) is 5.78 Å². The molecule has 0 bridgehead atoms. The van der Waals surface area contributed by atoms with Crippen LogP contribution in [0.1, 0.15) is 9.81 Å². The van der Waals surface area contributed by atoms with Gasteiger partial charge in [0, 0.05) is 66.4 Å². The summed E-state index contributed by atoms with van der Waals surface area (Å²) in [4.78, 5) is 20.5. The molecule has 3 aromatic rings. The predicted octanol–water partition coefficient (Wildman–Crippen LogP) is 1.99. The highest BCUT2D eigenvalue weighted by atomic mass is 16.1. The molecule has 3 heterocycles. The van der Waals surface area contributed by atoms with E-state index in [-0.39, 0.29) is 12.2 Å². The number of rotatable bonds is 5. The van der Waals surface area contributed by atoms with Crippen molar-refractivity contribution in [3.63, 3.8) is 0 Å². The van der Waals surface area contributed by atoms with E-state index in [1.807, 2.05) is 42.5 Å². The van der Waals surface area contributed by atoms with Crippen LogP contribution in [0, 0.1) is 0 Å². The second-order valence-electron chi connectivity index (χ2n) is 7.12. The van der Waals surface area contributed by atoms with Crippen LogP contribution in [0.3, 0.4) is 0 Å². The summed E-state index contributed by atoms with van der Waals surface area (Å²) in [5.74, 6) is 0.0904. The summed E-state index contributed by atoms with van der Waals surface area (Å²) in [6.07, 6.45) is 5.88. The first-order chi connectivity index (χ1) is 14.3. The van der Waals surface area contributed by atoms with Gasteiger partial charge < -0.3 is 4.90 Å². The first kappa shape index (κ1) is 14.5. The van der Waals surface area contributed by atoms with Gasteiger partial charge in [-0.05, 0) is 30.1 Å². The molecule has 0 unspecified atom stereocenters. The quantitative estimate of drug-likeness (QED) is 0.691. The number of pyridine rings is 1. The third kappa shape index (κ3) is 4.23. The smallest absolute Gasteiger partial charge is 0.152 e. The zero-order valence-corrected chi connectivity index (χ0v) is 15.4. The molecule has 1 aliphatic rings. The van der Waals surface area contributed by atoms with E-state index in [1.165, 1.54) is 4.90 Å². The van der Waals surface area contributed by atoms with Gasteiger partial charge in [-0.3, -0.25) is 19.4 Å². The molecule has 0 aliphatic carbocycles. The van der Waals surface area contributed by atoms with Crippen LogP contribution in [0.2, 0.25) is 0 Å². The number of carbonyl (C=O) groups is 1.